The predicted octanol–water partition coefficient (Wildman–Crippen LogP) is 17.9. The summed E-state index contributed by atoms with van der Waals surface area (Å²) in [6.45, 7) is 4.61. The van der Waals surface area contributed by atoms with Crippen LogP contribution >= 0.6 is 7.82 Å². The Morgan fingerprint density at radius 1 is 0.493 bits per heavy atom. The van der Waals surface area contributed by atoms with E-state index in [-0.39, 0.29) is 12.5 Å². The van der Waals surface area contributed by atoms with Crippen LogP contribution in [0.2, 0.25) is 0 Å². The molecular weight excluding hydrogens is 900 g/mol. The van der Waals surface area contributed by atoms with Crippen LogP contribution in [0.25, 0.3) is 0 Å². The first kappa shape index (κ1) is 69.2. The first-order valence-electron chi connectivity index (χ1n) is 30.2. The lowest BCUT2D eigenvalue weighted by molar-refractivity contribution is -0.870. The average Bonchev–Trinajstić information content (AvgIpc) is 3.33. The molecule has 9 heteroatoms. The summed E-state index contributed by atoms with van der Waals surface area (Å²) >= 11 is 0. The quantitative estimate of drug-likeness (QED) is 0.0272. The Morgan fingerprint density at radius 2 is 0.831 bits per heavy atom. The molecule has 0 heterocycles. The number of allylic oxidation sites excluding steroid dienone is 9. The Morgan fingerprint density at radius 3 is 1.27 bits per heavy atom. The van der Waals surface area contributed by atoms with E-state index in [0.29, 0.717) is 17.4 Å². The number of hydrogen-bond donors (Lipinski definition) is 2. The van der Waals surface area contributed by atoms with E-state index in [0.717, 1.165) is 64.2 Å². The fourth-order valence-corrected chi connectivity index (χ4v) is 9.43. The summed E-state index contributed by atoms with van der Waals surface area (Å²) in [4.78, 5) is 25.5. The maximum atomic E-state index is 13.0. The fourth-order valence-electron chi connectivity index (χ4n) is 8.71. The third-order valence-electron chi connectivity index (χ3n) is 13.4. The standard InChI is InChI=1S/C62H117N2O6P/c1-6-8-10-12-14-16-18-20-22-24-26-27-28-29-30-31-32-33-34-35-36-38-39-41-43-45-47-49-51-53-55-61(65)60(59-70-71(67,68)69-58-57-64(3,4)5)63-62(66)56-54-52-50-48-46-44-42-40-37-25-23-21-19-17-15-13-11-9-7-2/h15,17,21,23,37,40,45,47,53,55,60-61,65H,6-14,16,18-20,22,24-36,38-39,41-44,46,48-52,54,56-59H2,1-5H3,(H-,63,66,67,68)/b17-15-,23-21-,40-37-,47-45+,55-53+. The third kappa shape index (κ3) is 55.8. The van der Waals surface area contributed by atoms with Crippen LogP contribution in [0.1, 0.15) is 277 Å². The summed E-state index contributed by atoms with van der Waals surface area (Å²) in [5.41, 5.74) is 0. The Balaban J connectivity index is 4.20. The summed E-state index contributed by atoms with van der Waals surface area (Å²) in [6.07, 6.45) is 71.7. The van der Waals surface area contributed by atoms with Gasteiger partial charge in [0.05, 0.1) is 39.9 Å². The van der Waals surface area contributed by atoms with Gasteiger partial charge in [0, 0.05) is 6.42 Å². The monoisotopic (exact) mass is 1020 g/mol. The molecule has 416 valence electrons. The maximum absolute atomic E-state index is 13.0. The summed E-state index contributed by atoms with van der Waals surface area (Å²) < 4.78 is 23.3. The van der Waals surface area contributed by atoms with Crippen molar-refractivity contribution in [2.45, 2.75) is 289 Å². The molecule has 0 fully saturated rings. The molecule has 3 atom stereocenters. The van der Waals surface area contributed by atoms with Gasteiger partial charge >= 0.3 is 0 Å². The number of carbonyl (C=O) groups excluding carboxylic acids is 1. The topological polar surface area (TPSA) is 108 Å². The smallest absolute Gasteiger partial charge is 0.268 e. The third-order valence-corrected chi connectivity index (χ3v) is 14.4. The molecule has 71 heavy (non-hydrogen) atoms. The van der Waals surface area contributed by atoms with Crippen molar-refractivity contribution in [3.05, 3.63) is 60.8 Å². The molecule has 0 spiro atoms. The molecule has 0 aromatic heterocycles. The largest absolute Gasteiger partial charge is 0.756 e. The molecule has 0 aliphatic rings. The highest BCUT2D eigenvalue weighted by Gasteiger charge is 2.23. The maximum Gasteiger partial charge on any atom is 0.268 e. The number of aliphatic hydroxyl groups excluding tert-OH is 1. The molecule has 8 nitrogen and oxygen atoms in total. The van der Waals surface area contributed by atoms with Crippen molar-refractivity contribution in [2.24, 2.45) is 0 Å². The van der Waals surface area contributed by atoms with Crippen LogP contribution in [0, 0.1) is 0 Å². The Labute approximate surface area is 441 Å². The lowest BCUT2D eigenvalue weighted by Gasteiger charge is -2.29. The van der Waals surface area contributed by atoms with Crippen LogP contribution < -0.4 is 10.2 Å². The molecule has 0 saturated carbocycles. The van der Waals surface area contributed by atoms with Gasteiger partial charge in [-0.2, -0.15) is 0 Å². The SMILES string of the molecule is CCCCC/C=C\C/C=C\C/C=C\CCCCCCCCC(=O)NC(COP(=O)([O-])OCC[N+](C)(C)C)C(O)/C=C/CC/C=C/CCCCCCCCCCCCCCCCCCCCCCCCCC. The molecule has 0 rings (SSSR count). The van der Waals surface area contributed by atoms with Gasteiger partial charge < -0.3 is 28.8 Å². The van der Waals surface area contributed by atoms with Crippen molar-refractivity contribution in [3.8, 4) is 0 Å². The summed E-state index contributed by atoms with van der Waals surface area (Å²) in [7, 11) is 1.23. The van der Waals surface area contributed by atoms with E-state index in [1.54, 1.807) is 6.08 Å². The number of nitrogens with one attached hydrogen (secondary N) is 1. The molecule has 0 bridgehead atoms. The molecule has 0 aliphatic heterocycles. The second-order valence-electron chi connectivity index (χ2n) is 21.7. The van der Waals surface area contributed by atoms with Crippen LogP contribution in [0.5, 0.6) is 0 Å². The molecule has 3 unspecified atom stereocenters. The van der Waals surface area contributed by atoms with Gasteiger partial charge in [-0.05, 0) is 70.6 Å². The van der Waals surface area contributed by atoms with E-state index in [2.05, 4.69) is 67.8 Å². The first-order chi connectivity index (χ1) is 34.5. The Bertz CT molecular complexity index is 1340. The second kappa shape index (κ2) is 53.0. The summed E-state index contributed by atoms with van der Waals surface area (Å²) in [5.74, 6) is -0.219. The number of carbonyl (C=O) groups is 1. The normalized spacial score (nSPS) is 14.3. The highest BCUT2D eigenvalue weighted by atomic mass is 31.2. The van der Waals surface area contributed by atoms with Crippen molar-refractivity contribution >= 4 is 13.7 Å². The number of phosphoric acid groups is 1. The van der Waals surface area contributed by atoms with Crippen LogP contribution in [0.4, 0.5) is 0 Å². The minimum atomic E-state index is -4.61. The fraction of sp³-hybridized carbons (Fsp3) is 0.823. The Hall–Kier alpha value is -1.80. The van der Waals surface area contributed by atoms with E-state index in [1.165, 1.54) is 193 Å². The van der Waals surface area contributed by atoms with E-state index in [9.17, 15) is 19.4 Å². The van der Waals surface area contributed by atoms with E-state index < -0.39 is 26.6 Å². The van der Waals surface area contributed by atoms with Gasteiger partial charge in [0.15, 0.2) is 0 Å². The number of nitrogens with zero attached hydrogens (tertiary/aromatic N) is 1. The lowest BCUT2D eigenvalue weighted by atomic mass is 10.0. The van der Waals surface area contributed by atoms with Crippen LogP contribution in [0.3, 0.4) is 0 Å². The zero-order valence-corrected chi connectivity index (χ0v) is 48.3. The highest BCUT2D eigenvalue weighted by Crippen LogP contribution is 2.38. The van der Waals surface area contributed by atoms with Crippen molar-refractivity contribution in [3.63, 3.8) is 0 Å². The van der Waals surface area contributed by atoms with Crippen LogP contribution in [-0.2, 0) is 18.4 Å². The van der Waals surface area contributed by atoms with Crippen LogP contribution in [-0.4, -0.2) is 68.5 Å². The minimum absolute atomic E-state index is 0.0111. The summed E-state index contributed by atoms with van der Waals surface area (Å²) in [5, 5.41) is 13.9. The van der Waals surface area contributed by atoms with Gasteiger partial charge in [0.25, 0.3) is 7.82 Å². The number of unbranched alkanes of at least 4 members (excludes halogenated alkanes) is 34. The van der Waals surface area contributed by atoms with Gasteiger partial charge in [-0.3, -0.25) is 9.36 Å². The average molecular weight is 1020 g/mol. The van der Waals surface area contributed by atoms with E-state index >= 15 is 0 Å². The highest BCUT2D eigenvalue weighted by molar-refractivity contribution is 7.45. The molecule has 2 N–H and O–H groups in total. The Kier molecular flexibility index (Phi) is 51.7. The number of rotatable bonds is 55. The van der Waals surface area contributed by atoms with Crippen molar-refractivity contribution in [1.82, 2.24) is 5.32 Å². The molecule has 0 saturated heterocycles. The number of amides is 1. The van der Waals surface area contributed by atoms with E-state index in [1.807, 2.05) is 27.2 Å². The van der Waals surface area contributed by atoms with Gasteiger partial charge in [-0.1, -0.05) is 261 Å². The number of likely N-dealkylation sites (N-methyl/N-ethyl adjacent to an activating group) is 1. The summed E-state index contributed by atoms with van der Waals surface area (Å²) in [6, 6.07) is -0.914. The van der Waals surface area contributed by atoms with Gasteiger partial charge in [0.1, 0.15) is 13.2 Å². The number of hydrogen-bond acceptors (Lipinski definition) is 6. The molecule has 0 radical (unpaired) electrons. The van der Waals surface area contributed by atoms with Gasteiger partial charge in [0.2, 0.25) is 5.91 Å². The zero-order valence-electron chi connectivity index (χ0n) is 47.4. The molecule has 0 aromatic rings. The van der Waals surface area contributed by atoms with E-state index in [4.69, 9.17) is 9.05 Å². The number of aliphatic hydroxyl groups is 1. The molecule has 0 aliphatic carbocycles. The number of phosphoric ester groups is 1. The second-order valence-corrected chi connectivity index (χ2v) is 23.1. The molecule has 1 amide bonds. The van der Waals surface area contributed by atoms with Crippen molar-refractivity contribution in [2.75, 3.05) is 40.9 Å². The predicted molar refractivity (Wildman–Crippen MR) is 307 cm³/mol. The van der Waals surface area contributed by atoms with Crippen LogP contribution in [0.15, 0.2) is 60.8 Å². The van der Waals surface area contributed by atoms with Crippen molar-refractivity contribution < 1.29 is 32.9 Å². The van der Waals surface area contributed by atoms with Crippen molar-refractivity contribution in [1.29, 1.82) is 0 Å². The van der Waals surface area contributed by atoms with Gasteiger partial charge in [-0.25, -0.2) is 0 Å². The minimum Gasteiger partial charge on any atom is -0.756 e. The number of quaternary nitrogens is 1. The molecular formula is C62H117N2O6P. The lowest BCUT2D eigenvalue weighted by Crippen LogP contribution is -2.45. The first-order valence-corrected chi connectivity index (χ1v) is 31.6. The zero-order chi connectivity index (χ0) is 52.0. The van der Waals surface area contributed by atoms with Gasteiger partial charge in [-0.15, -0.1) is 0 Å². The molecule has 0 aromatic carbocycles.